The van der Waals surface area contributed by atoms with Crippen LogP contribution in [-0.4, -0.2) is 22.5 Å². The number of aryl methyl sites for hydroxylation is 1. The van der Waals surface area contributed by atoms with E-state index >= 15 is 0 Å². The fourth-order valence-electron chi connectivity index (χ4n) is 3.48. The van der Waals surface area contributed by atoms with Crippen molar-refractivity contribution in [1.29, 1.82) is 0 Å². The van der Waals surface area contributed by atoms with Gasteiger partial charge in [-0.1, -0.05) is 44.5 Å². The SMILES string of the molecule is CNC1C(S(=O)Cc2ccccc2C)CCCC1(C)C. The summed E-state index contributed by atoms with van der Waals surface area (Å²) in [6, 6.07) is 8.64. The molecule has 1 N–H and O–H groups in total. The van der Waals surface area contributed by atoms with E-state index in [1.54, 1.807) is 0 Å². The monoisotopic (exact) mass is 293 g/mol. The molecule has 0 amide bonds. The molecule has 1 saturated carbocycles. The lowest BCUT2D eigenvalue weighted by molar-refractivity contribution is 0.180. The molecule has 0 spiro atoms. The highest BCUT2D eigenvalue weighted by Gasteiger charge is 2.40. The second-order valence-electron chi connectivity index (χ2n) is 6.64. The average Bonchev–Trinajstić information content (AvgIpc) is 2.40. The van der Waals surface area contributed by atoms with E-state index in [4.69, 9.17) is 0 Å². The molecule has 2 rings (SSSR count). The van der Waals surface area contributed by atoms with Gasteiger partial charge in [-0.25, -0.2) is 0 Å². The molecule has 1 aromatic rings. The van der Waals surface area contributed by atoms with Crippen molar-refractivity contribution in [3.8, 4) is 0 Å². The van der Waals surface area contributed by atoms with Crippen LogP contribution < -0.4 is 5.32 Å². The molecule has 1 aromatic carbocycles. The Labute approximate surface area is 125 Å². The molecular weight excluding hydrogens is 266 g/mol. The molecule has 3 heteroatoms. The van der Waals surface area contributed by atoms with Crippen LogP contribution in [0, 0.1) is 12.3 Å². The van der Waals surface area contributed by atoms with Gasteiger partial charge in [-0.3, -0.25) is 4.21 Å². The van der Waals surface area contributed by atoms with E-state index in [2.05, 4.69) is 38.2 Å². The maximum atomic E-state index is 12.8. The molecule has 3 atom stereocenters. The molecule has 0 radical (unpaired) electrons. The zero-order chi connectivity index (χ0) is 14.8. The zero-order valence-corrected chi connectivity index (χ0v) is 13.9. The number of hydrogen-bond donors (Lipinski definition) is 1. The minimum Gasteiger partial charge on any atom is -0.315 e. The normalized spacial score (nSPS) is 27.2. The van der Waals surface area contributed by atoms with Gasteiger partial charge < -0.3 is 5.32 Å². The van der Waals surface area contributed by atoms with Crippen molar-refractivity contribution in [3.05, 3.63) is 35.4 Å². The first-order valence-corrected chi connectivity index (χ1v) is 8.93. The largest absolute Gasteiger partial charge is 0.315 e. The minimum atomic E-state index is -0.807. The van der Waals surface area contributed by atoms with E-state index in [-0.39, 0.29) is 10.7 Å². The van der Waals surface area contributed by atoms with Crippen LogP contribution in [0.25, 0.3) is 0 Å². The van der Waals surface area contributed by atoms with Crippen molar-refractivity contribution in [3.63, 3.8) is 0 Å². The molecule has 2 nitrogen and oxygen atoms in total. The summed E-state index contributed by atoms with van der Waals surface area (Å²) in [5.74, 6) is 0.686. The standard InChI is InChI=1S/C17H27NOS/c1-13-8-5-6-9-14(13)12-20(19)15-10-7-11-17(2,3)16(15)18-4/h5-6,8-9,15-16,18H,7,10-12H2,1-4H3. The first-order chi connectivity index (χ1) is 9.45. The Morgan fingerprint density at radius 2 is 2.05 bits per heavy atom. The van der Waals surface area contributed by atoms with Gasteiger partial charge in [0.25, 0.3) is 0 Å². The van der Waals surface area contributed by atoms with Gasteiger partial charge in [0.05, 0.1) is 5.25 Å². The number of benzene rings is 1. The van der Waals surface area contributed by atoms with Crippen LogP contribution in [0.5, 0.6) is 0 Å². The minimum absolute atomic E-state index is 0.235. The molecule has 3 unspecified atom stereocenters. The zero-order valence-electron chi connectivity index (χ0n) is 13.1. The molecule has 0 saturated heterocycles. The molecule has 0 bridgehead atoms. The Bertz CT molecular complexity index is 484. The van der Waals surface area contributed by atoms with Crippen LogP contribution in [0.1, 0.15) is 44.2 Å². The Balaban J connectivity index is 2.14. The van der Waals surface area contributed by atoms with E-state index in [0.717, 1.165) is 6.42 Å². The lowest BCUT2D eigenvalue weighted by atomic mass is 9.73. The Kier molecular flexibility index (Phi) is 5.03. The van der Waals surface area contributed by atoms with Crippen LogP contribution in [0.2, 0.25) is 0 Å². The smallest absolute Gasteiger partial charge is 0.0509 e. The molecule has 1 fully saturated rings. The lowest BCUT2D eigenvalue weighted by Crippen LogP contribution is -2.53. The molecule has 20 heavy (non-hydrogen) atoms. The topological polar surface area (TPSA) is 29.1 Å². The van der Waals surface area contributed by atoms with Crippen LogP contribution in [-0.2, 0) is 16.6 Å². The number of rotatable bonds is 4. The van der Waals surface area contributed by atoms with Crippen molar-refractivity contribution in [2.24, 2.45) is 5.41 Å². The highest BCUT2D eigenvalue weighted by molar-refractivity contribution is 7.84. The molecule has 1 aliphatic rings. The molecule has 112 valence electrons. The van der Waals surface area contributed by atoms with Gasteiger partial charge in [0.1, 0.15) is 0 Å². The van der Waals surface area contributed by atoms with E-state index in [1.165, 1.54) is 24.0 Å². The van der Waals surface area contributed by atoms with Gasteiger partial charge in [-0.15, -0.1) is 0 Å². The van der Waals surface area contributed by atoms with Crippen molar-refractivity contribution < 1.29 is 4.21 Å². The third kappa shape index (κ3) is 3.32. The van der Waals surface area contributed by atoms with Crippen molar-refractivity contribution in [2.45, 2.75) is 57.1 Å². The second kappa shape index (κ2) is 6.40. The highest BCUT2D eigenvalue weighted by atomic mass is 32.2. The van der Waals surface area contributed by atoms with E-state index in [0.29, 0.717) is 11.8 Å². The maximum Gasteiger partial charge on any atom is 0.0509 e. The van der Waals surface area contributed by atoms with E-state index in [1.807, 2.05) is 19.2 Å². The molecule has 1 aliphatic carbocycles. The quantitative estimate of drug-likeness (QED) is 0.921. The van der Waals surface area contributed by atoms with Crippen molar-refractivity contribution >= 4 is 10.8 Å². The lowest BCUT2D eigenvalue weighted by Gasteiger charge is -2.43. The molecule has 0 heterocycles. The summed E-state index contributed by atoms with van der Waals surface area (Å²) in [5.41, 5.74) is 2.71. The third-order valence-electron chi connectivity index (χ3n) is 4.73. The summed E-state index contributed by atoms with van der Waals surface area (Å²) < 4.78 is 12.8. The van der Waals surface area contributed by atoms with Gasteiger partial charge in [-0.2, -0.15) is 0 Å². The number of hydrogen-bond acceptors (Lipinski definition) is 2. The highest BCUT2D eigenvalue weighted by Crippen LogP contribution is 2.38. The van der Waals surface area contributed by atoms with Crippen molar-refractivity contribution in [1.82, 2.24) is 5.32 Å². The summed E-state index contributed by atoms with van der Waals surface area (Å²) >= 11 is 0. The maximum absolute atomic E-state index is 12.8. The summed E-state index contributed by atoms with van der Waals surface area (Å²) in [6.07, 6.45) is 3.49. The molecule has 0 aliphatic heterocycles. The molecule has 0 aromatic heterocycles. The van der Waals surface area contributed by atoms with Gasteiger partial charge in [0, 0.05) is 22.6 Å². The Morgan fingerprint density at radius 3 is 2.70 bits per heavy atom. The van der Waals surface area contributed by atoms with Gasteiger partial charge in [0.2, 0.25) is 0 Å². The summed E-state index contributed by atoms with van der Waals surface area (Å²) in [4.78, 5) is 0. The Hall–Kier alpha value is -0.670. The van der Waals surface area contributed by atoms with Crippen LogP contribution in [0.3, 0.4) is 0 Å². The summed E-state index contributed by atoms with van der Waals surface area (Å²) in [7, 11) is 1.20. The van der Waals surface area contributed by atoms with Crippen LogP contribution in [0.4, 0.5) is 0 Å². The van der Waals surface area contributed by atoms with E-state index in [9.17, 15) is 4.21 Å². The predicted octanol–water partition coefficient (Wildman–Crippen LogP) is 3.41. The van der Waals surface area contributed by atoms with Crippen LogP contribution in [0.15, 0.2) is 24.3 Å². The second-order valence-corrected chi connectivity index (χ2v) is 8.29. The van der Waals surface area contributed by atoms with Gasteiger partial charge >= 0.3 is 0 Å². The first-order valence-electron chi connectivity index (χ1n) is 7.54. The number of nitrogens with one attached hydrogen (secondary N) is 1. The molecular formula is C17H27NOS. The van der Waals surface area contributed by atoms with E-state index < -0.39 is 10.8 Å². The average molecular weight is 293 g/mol. The van der Waals surface area contributed by atoms with Gasteiger partial charge in [-0.05, 0) is 43.4 Å². The van der Waals surface area contributed by atoms with Gasteiger partial charge in [0.15, 0.2) is 0 Å². The summed E-state index contributed by atoms with van der Waals surface area (Å²) in [5, 5.41) is 3.70. The first kappa shape index (κ1) is 15.7. The van der Waals surface area contributed by atoms with Crippen molar-refractivity contribution in [2.75, 3.05) is 7.05 Å². The summed E-state index contributed by atoms with van der Waals surface area (Å²) in [6.45, 7) is 6.70. The predicted molar refractivity (Wildman–Crippen MR) is 87.3 cm³/mol. The fraction of sp³-hybridized carbons (Fsp3) is 0.647. The third-order valence-corrected chi connectivity index (χ3v) is 6.51. The van der Waals surface area contributed by atoms with Crippen LogP contribution >= 0.6 is 0 Å². The Morgan fingerprint density at radius 1 is 1.35 bits per heavy atom. The fourth-order valence-corrected chi connectivity index (χ4v) is 5.56.